The van der Waals surface area contributed by atoms with E-state index in [1.165, 1.54) is 25.7 Å². The van der Waals surface area contributed by atoms with Crippen molar-refractivity contribution in [2.24, 2.45) is 0 Å². The number of benzene rings is 7. The van der Waals surface area contributed by atoms with Gasteiger partial charge in [-0.2, -0.15) is 9.97 Å². The molecule has 7 aromatic carbocycles. The van der Waals surface area contributed by atoms with Gasteiger partial charge in [0.1, 0.15) is 11.2 Å². The van der Waals surface area contributed by atoms with E-state index in [1.807, 2.05) is 53.8 Å². The zero-order valence-corrected chi connectivity index (χ0v) is 27.9. The molecule has 0 bridgehead atoms. The first kappa shape index (κ1) is 28.2. The van der Waals surface area contributed by atoms with Gasteiger partial charge in [0.2, 0.25) is 5.95 Å². The van der Waals surface area contributed by atoms with Crippen LogP contribution in [0.15, 0.2) is 162 Å². The molecule has 0 aliphatic carbocycles. The quantitative estimate of drug-likeness (QED) is 0.187. The Labute approximate surface area is 295 Å². The van der Waals surface area contributed by atoms with Crippen molar-refractivity contribution in [3.8, 4) is 39.9 Å². The van der Waals surface area contributed by atoms with Crippen LogP contribution in [0.1, 0.15) is 0 Å². The van der Waals surface area contributed by atoms with E-state index in [1.54, 1.807) is 0 Å². The van der Waals surface area contributed by atoms with Gasteiger partial charge in [-0.15, -0.1) is 11.3 Å². The van der Waals surface area contributed by atoms with Crippen molar-refractivity contribution in [2.45, 2.75) is 0 Å². The summed E-state index contributed by atoms with van der Waals surface area (Å²) in [5, 5.41) is 6.88. The van der Waals surface area contributed by atoms with E-state index >= 15 is 0 Å². The van der Waals surface area contributed by atoms with Crippen molar-refractivity contribution in [2.75, 3.05) is 0 Å². The molecule has 6 heteroatoms. The molecule has 11 rings (SSSR count). The Morgan fingerprint density at radius 1 is 0.451 bits per heavy atom. The van der Waals surface area contributed by atoms with E-state index in [4.69, 9.17) is 19.4 Å². The van der Waals surface area contributed by atoms with Crippen LogP contribution < -0.4 is 0 Å². The zero-order valence-electron chi connectivity index (χ0n) is 27.1. The summed E-state index contributed by atoms with van der Waals surface area (Å²) in [6.07, 6.45) is 0. The van der Waals surface area contributed by atoms with Gasteiger partial charge in [0, 0.05) is 52.8 Å². The van der Waals surface area contributed by atoms with Gasteiger partial charge in [-0.05, 0) is 47.5 Å². The average Bonchev–Trinajstić information content (AvgIpc) is 3.87. The second-order valence-corrected chi connectivity index (χ2v) is 13.8. The lowest BCUT2D eigenvalue weighted by molar-refractivity contribution is 0.669. The van der Waals surface area contributed by atoms with E-state index in [-0.39, 0.29) is 0 Å². The van der Waals surface area contributed by atoms with Crippen LogP contribution in [0.25, 0.3) is 104 Å². The molecular weight excluding hydrogens is 645 g/mol. The first-order valence-corrected chi connectivity index (χ1v) is 17.8. The summed E-state index contributed by atoms with van der Waals surface area (Å²) in [5.74, 6) is 1.77. The van der Waals surface area contributed by atoms with Crippen molar-refractivity contribution < 1.29 is 4.42 Å². The molecule has 0 saturated heterocycles. The Balaban J connectivity index is 1.17. The highest BCUT2D eigenvalue weighted by atomic mass is 32.1. The number of hydrogen-bond acceptors (Lipinski definition) is 5. The van der Waals surface area contributed by atoms with E-state index in [0.29, 0.717) is 17.6 Å². The number of para-hydroxylation sites is 2. The van der Waals surface area contributed by atoms with Crippen LogP contribution in [-0.2, 0) is 0 Å². The van der Waals surface area contributed by atoms with Gasteiger partial charge in [0.05, 0.1) is 11.0 Å². The Kier molecular flexibility index (Phi) is 6.05. The van der Waals surface area contributed by atoms with Crippen LogP contribution in [0.2, 0.25) is 0 Å². The minimum absolute atomic E-state index is 0.568. The van der Waals surface area contributed by atoms with Gasteiger partial charge in [-0.25, -0.2) is 4.98 Å². The molecule has 238 valence electrons. The maximum atomic E-state index is 6.50. The van der Waals surface area contributed by atoms with Crippen molar-refractivity contribution in [1.82, 2.24) is 19.5 Å². The molecule has 11 aromatic rings. The SMILES string of the molecule is c1ccc(-c2nc(-c3cccc4oc5ccc(-c6cccc7c6sc6ccccc67)cc5c34)nc(-n3c4ccccc4c4ccccc43)n2)cc1. The Morgan fingerprint density at radius 3 is 1.94 bits per heavy atom. The summed E-state index contributed by atoms with van der Waals surface area (Å²) in [6, 6.07) is 54.9. The van der Waals surface area contributed by atoms with Gasteiger partial charge in [-0.1, -0.05) is 121 Å². The molecule has 0 amide bonds. The summed E-state index contributed by atoms with van der Waals surface area (Å²) >= 11 is 1.84. The van der Waals surface area contributed by atoms with Gasteiger partial charge in [0.25, 0.3) is 0 Å². The summed E-state index contributed by atoms with van der Waals surface area (Å²) in [5.41, 5.74) is 7.87. The maximum Gasteiger partial charge on any atom is 0.238 e. The molecule has 0 unspecified atom stereocenters. The van der Waals surface area contributed by atoms with Crippen LogP contribution in [0, 0.1) is 0 Å². The first-order chi connectivity index (χ1) is 25.3. The van der Waals surface area contributed by atoms with Crippen LogP contribution in [0.3, 0.4) is 0 Å². The van der Waals surface area contributed by atoms with Crippen LogP contribution >= 0.6 is 11.3 Å². The number of fused-ring (bicyclic) bond motifs is 9. The van der Waals surface area contributed by atoms with E-state index in [2.05, 4.69) is 120 Å². The predicted molar refractivity (Wildman–Crippen MR) is 211 cm³/mol. The lowest BCUT2D eigenvalue weighted by Crippen LogP contribution is -2.06. The molecule has 0 aliphatic rings. The second-order valence-electron chi connectivity index (χ2n) is 12.8. The molecule has 51 heavy (non-hydrogen) atoms. The van der Waals surface area contributed by atoms with E-state index in [0.717, 1.165) is 60.4 Å². The largest absolute Gasteiger partial charge is 0.456 e. The number of aromatic nitrogens is 4. The molecule has 0 saturated carbocycles. The van der Waals surface area contributed by atoms with Crippen LogP contribution in [-0.4, -0.2) is 19.5 Å². The van der Waals surface area contributed by atoms with Crippen molar-refractivity contribution in [1.29, 1.82) is 0 Å². The van der Waals surface area contributed by atoms with E-state index < -0.39 is 0 Å². The van der Waals surface area contributed by atoms with Crippen molar-refractivity contribution >= 4 is 75.3 Å². The van der Waals surface area contributed by atoms with Gasteiger partial charge in [-0.3, -0.25) is 4.57 Å². The molecule has 0 aliphatic heterocycles. The normalized spacial score (nSPS) is 11.9. The number of thiophene rings is 1. The Bertz CT molecular complexity index is 3100. The van der Waals surface area contributed by atoms with Gasteiger partial charge < -0.3 is 4.42 Å². The number of hydrogen-bond donors (Lipinski definition) is 0. The molecular formula is C45H26N4OS. The van der Waals surface area contributed by atoms with Gasteiger partial charge >= 0.3 is 0 Å². The summed E-state index contributed by atoms with van der Waals surface area (Å²) in [6.45, 7) is 0. The third kappa shape index (κ3) is 4.30. The molecule has 0 N–H and O–H groups in total. The molecule has 0 spiro atoms. The van der Waals surface area contributed by atoms with Crippen molar-refractivity contribution in [3.63, 3.8) is 0 Å². The number of rotatable bonds is 4. The number of furan rings is 1. The van der Waals surface area contributed by atoms with E-state index in [9.17, 15) is 0 Å². The Hall–Kier alpha value is -6.63. The first-order valence-electron chi connectivity index (χ1n) is 16.9. The smallest absolute Gasteiger partial charge is 0.238 e. The van der Waals surface area contributed by atoms with Crippen LogP contribution in [0.4, 0.5) is 0 Å². The fourth-order valence-electron chi connectivity index (χ4n) is 7.59. The third-order valence-corrected chi connectivity index (χ3v) is 11.1. The predicted octanol–water partition coefficient (Wildman–Crippen LogP) is 12.2. The number of nitrogens with zero attached hydrogens (tertiary/aromatic N) is 4. The summed E-state index contributed by atoms with van der Waals surface area (Å²) in [4.78, 5) is 15.5. The van der Waals surface area contributed by atoms with Gasteiger partial charge in [0.15, 0.2) is 11.6 Å². The lowest BCUT2D eigenvalue weighted by atomic mass is 9.99. The molecule has 5 nitrogen and oxygen atoms in total. The second kappa shape index (κ2) is 10.9. The molecule has 4 heterocycles. The highest BCUT2D eigenvalue weighted by Gasteiger charge is 2.21. The maximum absolute atomic E-state index is 6.50. The topological polar surface area (TPSA) is 56.7 Å². The standard InChI is InChI=1S/C45H26N4OS/c1-2-12-27(13-3-1)43-46-44(48-45(47-43)49-36-20-7-4-14-30(36)31-15-5-8-21-37(31)49)34-19-11-22-39-41(34)35-26-28(24-25-38(35)50-39)29-17-10-18-33-32-16-6-9-23-40(32)51-42(29)33/h1-26H. The zero-order chi connectivity index (χ0) is 33.5. The molecule has 0 radical (unpaired) electrons. The average molecular weight is 671 g/mol. The molecule has 0 fully saturated rings. The Morgan fingerprint density at radius 2 is 1.12 bits per heavy atom. The highest BCUT2D eigenvalue weighted by molar-refractivity contribution is 7.26. The lowest BCUT2D eigenvalue weighted by Gasteiger charge is -2.11. The minimum atomic E-state index is 0.568. The van der Waals surface area contributed by atoms with Crippen molar-refractivity contribution in [3.05, 3.63) is 158 Å². The molecule has 4 aromatic heterocycles. The third-order valence-electron chi connectivity index (χ3n) is 9.89. The fourth-order valence-corrected chi connectivity index (χ4v) is 8.83. The van der Waals surface area contributed by atoms with Crippen LogP contribution in [0.5, 0.6) is 0 Å². The monoisotopic (exact) mass is 670 g/mol. The fraction of sp³-hybridized carbons (Fsp3) is 0. The highest BCUT2D eigenvalue weighted by Crippen LogP contribution is 2.43. The summed E-state index contributed by atoms with van der Waals surface area (Å²) in [7, 11) is 0. The minimum Gasteiger partial charge on any atom is -0.456 e. The summed E-state index contributed by atoms with van der Waals surface area (Å²) < 4.78 is 11.2. The molecule has 0 atom stereocenters.